The Labute approximate surface area is 215 Å². The SMILES string of the molecule is COc1cc(/C=C/C(=O)Nc2cc(C=Cc3cc(OC)c(OC)c(OC)c3)ccc2O)cc(N)c1OC. The monoisotopic (exact) mass is 506 g/mol. The molecule has 9 nitrogen and oxygen atoms in total. The number of benzene rings is 3. The number of methoxy groups -OCH3 is 5. The van der Waals surface area contributed by atoms with Gasteiger partial charge in [-0.2, -0.15) is 0 Å². The summed E-state index contributed by atoms with van der Waals surface area (Å²) in [4.78, 5) is 12.5. The van der Waals surface area contributed by atoms with Gasteiger partial charge >= 0.3 is 0 Å². The highest BCUT2D eigenvalue weighted by molar-refractivity contribution is 6.03. The molecule has 37 heavy (non-hydrogen) atoms. The summed E-state index contributed by atoms with van der Waals surface area (Å²) in [6, 6.07) is 11.9. The van der Waals surface area contributed by atoms with E-state index in [1.54, 1.807) is 51.7 Å². The van der Waals surface area contributed by atoms with Gasteiger partial charge in [0.25, 0.3) is 0 Å². The lowest BCUT2D eigenvalue weighted by Gasteiger charge is -2.13. The second-order valence-corrected chi connectivity index (χ2v) is 7.74. The molecular weight excluding hydrogens is 476 g/mol. The summed E-state index contributed by atoms with van der Waals surface area (Å²) in [5.74, 6) is 1.93. The van der Waals surface area contributed by atoms with E-state index in [1.165, 1.54) is 26.4 Å². The van der Waals surface area contributed by atoms with E-state index in [0.29, 0.717) is 40.0 Å². The van der Waals surface area contributed by atoms with Crippen molar-refractivity contribution in [1.82, 2.24) is 0 Å². The number of hydrogen-bond donors (Lipinski definition) is 3. The average molecular weight is 507 g/mol. The second kappa shape index (κ2) is 12.3. The minimum absolute atomic E-state index is 0.0675. The Balaban J connectivity index is 1.78. The number of aromatic hydroxyl groups is 1. The highest BCUT2D eigenvalue weighted by Gasteiger charge is 2.12. The average Bonchev–Trinajstić information content (AvgIpc) is 2.91. The predicted molar refractivity (Wildman–Crippen MR) is 145 cm³/mol. The third-order valence-corrected chi connectivity index (χ3v) is 5.39. The third-order valence-electron chi connectivity index (χ3n) is 5.39. The van der Waals surface area contributed by atoms with Crippen molar-refractivity contribution in [3.05, 3.63) is 65.2 Å². The van der Waals surface area contributed by atoms with Crippen LogP contribution in [-0.4, -0.2) is 46.6 Å². The van der Waals surface area contributed by atoms with Gasteiger partial charge < -0.3 is 39.8 Å². The van der Waals surface area contributed by atoms with Crippen molar-refractivity contribution in [2.45, 2.75) is 0 Å². The minimum Gasteiger partial charge on any atom is -0.506 e. The van der Waals surface area contributed by atoms with Crippen LogP contribution in [-0.2, 0) is 4.79 Å². The zero-order valence-electron chi connectivity index (χ0n) is 21.3. The molecule has 194 valence electrons. The molecule has 3 aromatic carbocycles. The summed E-state index contributed by atoms with van der Waals surface area (Å²) in [5.41, 5.74) is 8.84. The van der Waals surface area contributed by atoms with E-state index in [9.17, 15) is 9.90 Å². The first kappa shape index (κ1) is 26.8. The molecule has 0 aliphatic carbocycles. The predicted octanol–water partition coefficient (Wildman–Crippen LogP) is 4.84. The van der Waals surface area contributed by atoms with Crippen LogP contribution in [0.25, 0.3) is 18.2 Å². The van der Waals surface area contributed by atoms with Crippen molar-refractivity contribution in [3.8, 4) is 34.5 Å². The van der Waals surface area contributed by atoms with Crippen LogP contribution in [0.5, 0.6) is 34.5 Å². The number of ether oxygens (including phenoxy) is 5. The van der Waals surface area contributed by atoms with Gasteiger partial charge in [-0.3, -0.25) is 4.79 Å². The molecule has 0 saturated carbocycles. The van der Waals surface area contributed by atoms with Crippen LogP contribution >= 0.6 is 0 Å². The smallest absolute Gasteiger partial charge is 0.248 e. The summed E-state index contributed by atoms with van der Waals surface area (Å²) < 4.78 is 26.6. The van der Waals surface area contributed by atoms with Crippen LogP contribution in [0.2, 0.25) is 0 Å². The molecule has 0 aliphatic heterocycles. The first-order chi connectivity index (χ1) is 17.8. The van der Waals surface area contributed by atoms with E-state index >= 15 is 0 Å². The molecule has 0 spiro atoms. The molecule has 3 rings (SSSR count). The molecule has 0 bridgehead atoms. The van der Waals surface area contributed by atoms with Gasteiger partial charge in [-0.15, -0.1) is 0 Å². The molecule has 1 amide bonds. The van der Waals surface area contributed by atoms with E-state index in [-0.39, 0.29) is 11.4 Å². The third kappa shape index (κ3) is 6.46. The Bertz CT molecular complexity index is 1310. The second-order valence-electron chi connectivity index (χ2n) is 7.74. The maximum atomic E-state index is 12.5. The number of phenols is 1. The highest BCUT2D eigenvalue weighted by atomic mass is 16.5. The van der Waals surface area contributed by atoms with E-state index in [0.717, 1.165) is 11.1 Å². The molecule has 3 aromatic rings. The van der Waals surface area contributed by atoms with E-state index in [1.807, 2.05) is 24.3 Å². The van der Waals surface area contributed by atoms with Crippen LogP contribution < -0.4 is 34.7 Å². The lowest BCUT2D eigenvalue weighted by atomic mass is 10.1. The van der Waals surface area contributed by atoms with E-state index in [2.05, 4.69) is 5.32 Å². The van der Waals surface area contributed by atoms with Crippen LogP contribution in [0.15, 0.2) is 48.5 Å². The van der Waals surface area contributed by atoms with Crippen molar-refractivity contribution in [2.24, 2.45) is 0 Å². The lowest BCUT2D eigenvalue weighted by molar-refractivity contribution is -0.111. The van der Waals surface area contributed by atoms with Gasteiger partial charge in [-0.25, -0.2) is 0 Å². The van der Waals surface area contributed by atoms with Crippen molar-refractivity contribution in [2.75, 3.05) is 46.6 Å². The van der Waals surface area contributed by atoms with Gasteiger partial charge in [0.1, 0.15) is 5.75 Å². The number of carbonyl (C=O) groups excluding carboxylic acids is 1. The molecule has 9 heteroatoms. The van der Waals surface area contributed by atoms with Gasteiger partial charge in [-0.05, 0) is 59.2 Å². The Morgan fingerprint density at radius 3 is 1.84 bits per heavy atom. The van der Waals surface area contributed by atoms with Crippen molar-refractivity contribution in [3.63, 3.8) is 0 Å². The van der Waals surface area contributed by atoms with Crippen molar-refractivity contribution in [1.29, 1.82) is 0 Å². The standard InChI is InChI=1S/C28H30N2O7/c1-33-23-14-18(12-20(29)27(23)36-4)9-11-26(32)30-21-13-17(8-10-22(21)31)6-7-19-15-24(34-2)28(37-5)25(16-19)35-3/h6-16,31H,29H2,1-5H3,(H,30,32)/b7-6?,11-9+. The molecule has 0 aliphatic rings. The molecule has 0 radical (unpaired) electrons. The normalized spacial score (nSPS) is 10.9. The number of amides is 1. The number of nitrogens with two attached hydrogens (primary N) is 1. The molecule has 0 fully saturated rings. The fourth-order valence-corrected chi connectivity index (χ4v) is 3.61. The van der Waals surface area contributed by atoms with E-state index in [4.69, 9.17) is 29.4 Å². The van der Waals surface area contributed by atoms with Crippen molar-refractivity contribution < 1.29 is 33.6 Å². The summed E-state index contributed by atoms with van der Waals surface area (Å²) >= 11 is 0. The number of rotatable bonds is 10. The summed E-state index contributed by atoms with van der Waals surface area (Å²) in [6.07, 6.45) is 6.60. The van der Waals surface area contributed by atoms with Gasteiger partial charge in [0.15, 0.2) is 23.0 Å². The van der Waals surface area contributed by atoms with Crippen LogP contribution in [0.1, 0.15) is 16.7 Å². The fraction of sp³-hybridized carbons (Fsp3) is 0.179. The Hall–Kier alpha value is -4.79. The Morgan fingerprint density at radius 2 is 1.27 bits per heavy atom. The van der Waals surface area contributed by atoms with Gasteiger partial charge in [0.05, 0.1) is 46.9 Å². The molecule has 0 saturated heterocycles. The molecule has 0 aromatic heterocycles. The minimum atomic E-state index is -0.436. The number of anilines is 2. The molecule has 0 unspecified atom stereocenters. The number of nitrogen functional groups attached to an aromatic ring is 1. The first-order valence-electron chi connectivity index (χ1n) is 11.1. The van der Waals surface area contributed by atoms with Crippen LogP contribution in [0.3, 0.4) is 0 Å². The van der Waals surface area contributed by atoms with Crippen LogP contribution in [0, 0.1) is 0 Å². The molecular formula is C28H30N2O7. The number of carbonyl (C=O) groups is 1. The number of hydrogen-bond acceptors (Lipinski definition) is 8. The summed E-state index contributed by atoms with van der Waals surface area (Å²) in [6.45, 7) is 0. The lowest BCUT2D eigenvalue weighted by Crippen LogP contribution is -2.08. The number of nitrogens with one attached hydrogen (secondary N) is 1. The maximum absolute atomic E-state index is 12.5. The van der Waals surface area contributed by atoms with Gasteiger partial charge in [0.2, 0.25) is 11.7 Å². The topological polar surface area (TPSA) is 122 Å². The van der Waals surface area contributed by atoms with Crippen LogP contribution in [0.4, 0.5) is 11.4 Å². The summed E-state index contributed by atoms with van der Waals surface area (Å²) in [7, 11) is 7.64. The Kier molecular flexibility index (Phi) is 8.88. The molecule has 0 atom stereocenters. The Morgan fingerprint density at radius 1 is 0.730 bits per heavy atom. The number of phenolic OH excluding ortho intramolecular Hbond substituents is 1. The maximum Gasteiger partial charge on any atom is 0.248 e. The zero-order chi connectivity index (χ0) is 26.9. The largest absolute Gasteiger partial charge is 0.506 e. The fourth-order valence-electron chi connectivity index (χ4n) is 3.61. The summed E-state index contributed by atoms with van der Waals surface area (Å²) in [5, 5.41) is 12.9. The van der Waals surface area contributed by atoms with Crippen molar-refractivity contribution >= 4 is 35.5 Å². The highest BCUT2D eigenvalue weighted by Crippen LogP contribution is 2.39. The first-order valence-corrected chi connectivity index (χ1v) is 11.1. The quantitative estimate of drug-likeness (QED) is 0.155. The van der Waals surface area contributed by atoms with Gasteiger partial charge in [-0.1, -0.05) is 18.2 Å². The van der Waals surface area contributed by atoms with E-state index < -0.39 is 5.91 Å². The van der Waals surface area contributed by atoms with Gasteiger partial charge in [0, 0.05) is 6.08 Å². The molecule has 0 heterocycles. The molecule has 4 N–H and O–H groups in total. The zero-order valence-corrected chi connectivity index (χ0v) is 21.3.